The Morgan fingerprint density at radius 1 is 0.955 bits per heavy atom. The van der Waals surface area contributed by atoms with Crippen LogP contribution in [0.15, 0.2) is 42.5 Å². The van der Waals surface area contributed by atoms with Crippen LogP contribution in [0.2, 0.25) is 0 Å². The number of anilines is 1. The van der Waals surface area contributed by atoms with E-state index in [-0.39, 0.29) is 0 Å². The van der Waals surface area contributed by atoms with E-state index in [4.69, 9.17) is 5.73 Å². The molecule has 0 heterocycles. The van der Waals surface area contributed by atoms with Crippen LogP contribution in [0.3, 0.4) is 0 Å². The highest BCUT2D eigenvalue weighted by molar-refractivity contribution is 5.77. The third kappa shape index (κ3) is 3.07. The van der Waals surface area contributed by atoms with Crippen molar-refractivity contribution >= 4 is 17.8 Å². The Morgan fingerprint density at radius 2 is 1.68 bits per heavy atom. The Bertz CT molecular complexity index is 686. The van der Waals surface area contributed by atoms with Crippen LogP contribution in [0.5, 0.6) is 0 Å². The quantitative estimate of drug-likeness (QED) is 0.855. The zero-order chi connectivity index (χ0) is 15.5. The third-order valence-corrected chi connectivity index (χ3v) is 4.40. The lowest BCUT2D eigenvalue weighted by Gasteiger charge is -2.21. The maximum absolute atomic E-state index is 6.06. The summed E-state index contributed by atoms with van der Waals surface area (Å²) in [5.74, 6) is 0.421. The van der Waals surface area contributed by atoms with Crippen LogP contribution in [0.1, 0.15) is 41.0 Å². The summed E-state index contributed by atoms with van der Waals surface area (Å²) in [5, 5.41) is 0. The molecule has 2 nitrogen and oxygen atoms in total. The minimum absolute atomic E-state index is 0.421. The van der Waals surface area contributed by atoms with Crippen molar-refractivity contribution < 1.29 is 0 Å². The van der Waals surface area contributed by atoms with Crippen molar-refractivity contribution in [2.24, 2.45) is 0 Å². The molecule has 22 heavy (non-hydrogen) atoms. The van der Waals surface area contributed by atoms with E-state index in [1.54, 1.807) is 0 Å². The van der Waals surface area contributed by atoms with Crippen molar-refractivity contribution in [1.82, 2.24) is 4.90 Å². The molecule has 0 aromatic heterocycles. The molecule has 0 bridgehead atoms. The first-order chi connectivity index (χ1) is 10.6. The van der Waals surface area contributed by atoms with Crippen molar-refractivity contribution in [3.63, 3.8) is 0 Å². The predicted molar refractivity (Wildman–Crippen MR) is 95.9 cm³/mol. The van der Waals surface area contributed by atoms with E-state index in [2.05, 4.69) is 67.5 Å². The van der Waals surface area contributed by atoms with Gasteiger partial charge in [0.1, 0.15) is 0 Å². The molecule has 3 rings (SSSR count). The van der Waals surface area contributed by atoms with Crippen molar-refractivity contribution in [2.45, 2.75) is 18.8 Å². The number of hydrogen-bond acceptors (Lipinski definition) is 2. The zero-order valence-electron chi connectivity index (χ0n) is 13.4. The summed E-state index contributed by atoms with van der Waals surface area (Å²) in [6.45, 7) is 1.11. The van der Waals surface area contributed by atoms with E-state index < -0.39 is 0 Å². The first-order valence-electron chi connectivity index (χ1n) is 7.96. The number of nitrogens with zero attached hydrogens (tertiary/aromatic N) is 1. The van der Waals surface area contributed by atoms with Crippen molar-refractivity contribution in [1.29, 1.82) is 0 Å². The topological polar surface area (TPSA) is 29.3 Å². The first-order valence-corrected chi connectivity index (χ1v) is 7.96. The molecule has 2 N–H and O–H groups in total. The molecule has 1 aliphatic carbocycles. The fourth-order valence-corrected chi connectivity index (χ4v) is 3.30. The van der Waals surface area contributed by atoms with Gasteiger partial charge in [-0.15, -0.1) is 0 Å². The monoisotopic (exact) mass is 292 g/mol. The summed E-state index contributed by atoms with van der Waals surface area (Å²) in [4.78, 5) is 2.25. The molecule has 0 radical (unpaired) electrons. The molecule has 0 amide bonds. The highest BCUT2D eigenvalue weighted by Crippen LogP contribution is 2.38. The second-order valence-corrected chi connectivity index (χ2v) is 6.35. The molecule has 0 saturated heterocycles. The van der Waals surface area contributed by atoms with Gasteiger partial charge >= 0.3 is 0 Å². The molecule has 2 aromatic rings. The van der Waals surface area contributed by atoms with Gasteiger partial charge in [-0.2, -0.15) is 0 Å². The molecule has 2 aromatic carbocycles. The molecule has 0 spiro atoms. The third-order valence-electron chi connectivity index (χ3n) is 4.40. The Kier molecular flexibility index (Phi) is 4.30. The van der Waals surface area contributed by atoms with Crippen molar-refractivity contribution in [3.05, 3.63) is 64.7 Å². The zero-order valence-corrected chi connectivity index (χ0v) is 13.4. The van der Waals surface area contributed by atoms with Crippen LogP contribution in [0.25, 0.3) is 12.2 Å². The second kappa shape index (κ2) is 6.37. The van der Waals surface area contributed by atoms with Gasteiger partial charge < -0.3 is 10.6 Å². The molecule has 2 heteroatoms. The molecule has 1 atom stereocenters. The average Bonchev–Trinajstić information content (AvgIpc) is 2.65. The first kappa shape index (κ1) is 14.9. The van der Waals surface area contributed by atoms with Crippen LogP contribution < -0.4 is 5.73 Å². The number of rotatable bonds is 4. The van der Waals surface area contributed by atoms with Gasteiger partial charge in [0.05, 0.1) is 0 Å². The van der Waals surface area contributed by atoms with Gasteiger partial charge in [-0.1, -0.05) is 42.5 Å². The normalized spacial score (nSPS) is 16.2. The van der Waals surface area contributed by atoms with Crippen LogP contribution in [-0.4, -0.2) is 25.5 Å². The summed E-state index contributed by atoms with van der Waals surface area (Å²) >= 11 is 0. The Morgan fingerprint density at radius 3 is 2.45 bits per heavy atom. The molecule has 0 fully saturated rings. The lowest BCUT2D eigenvalue weighted by atomic mass is 9.84. The molecule has 114 valence electrons. The summed E-state index contributed by atoms with van der Waals surface area (Å²) < 4.78 is 0. The fraction of sp³-hybridized carbons (Fsp3) is 0.300. The summed E-state index contributed by atoms with van der Waals surface area (Å²) in [6, 6.07) is 15.0. The number of benzene rings is 2. The summed E-state index contributed by atoms with van der Waals surface area (Å²) in [7, 11) is 4.27. The van der Waals surface area contributed by atoms with E-state index in [9.17, 15) is 0 Å². The smallest absolute Gasteiger partial charge is 0.0317 e. The second-order valence-electron chi connectivity index (χ2n) is 6.35. The van der Waals surface area contributed by atoms with Gasteiger partial charge in [0.15, 0.2) is 0 Å². The molecular formula is C20H24N2. The van der Waals surface area contributed by atoms with Gasteiger partial charge in [0.2, 0.25) is 0 Å². The molecule has 0 aliphatic heterocycles. The minimum Gasteiger partial charge on any atom is -0.399 e. The van der Waals surface area contributed by atoms with E-state index in [1.807, 2.05) is 6.07 Å². The Hall–Kier alpha value is -2.06. The van der Waals surface area contributed by atoms with Crippen molar-refractivity contribution in [3.8, 4) is 0 Å². The van der Waals surface area contributed by atoms with Gasteiger partial charge in [0, 0.05) is 11.6 Å². The van der Waals surface area contributed by atoms with Gasteiger partial charge in [-0.3, -0.25) is 0 Å². The maximum Gasteiger partial charge on any atom is 0.0317 e. The summed E-state index contributed by atoms with van der Waals surface area (Å²) in [5.41, 5.74) is 12.3. The van der Waals surface area contributed by atoms with E-state index in [0.29, 0.717) is 5.92 Å². The lowest BCUT2D eigenvalue weighted by Crippen LogP contribution is -2.14. The molecule has 1 unspecified atom stereocenters. The Balaban J connectivity index is 2.01. The molecular weight excluding hydrogens is 268 g/mol. The van der Waals surface area contributed by atoms with Gasteiger partial charge in [0.25, 0.3) is 0 Å². The highest BCUT2D eigenvalue weighted by Gasteiger charge is 2.21. The number of hydrogen-bond donors (Lipinski definition) is 1. The van der Waals surface area contributed by atoms with Gasteiger partial charge in [-0.05, 0) is 67.9 Å². The predicted octanol–water partition coefficient (Wildman–Crippen LogP) is 4.23. The largest absolute Gasteiger partial charge is 0.399 e. The van der Waals surface area contributed by atoms with E-state index in [1.165, 1.54) is 28.7 Å². The number of fused-ring (bicyclic) bond motifs is 2. The SMILES string of the molecule is CN(C)CCCC1c2ccccc2C=Cc2ccc(N)cc21. The highest BCUT2D eigenvalue weighted by atomic mass is 15.0. The van der Waals surface area contributed by atoms with Crippen LogP contribution in [0.4, 0.5) is 5.69 Å². The average molecular weight is 292 g/mol. The fourth-order valence-electron chi connectivity index (χ4n) is 3.30. The minimum atomic E-state index is 0.421. The Labute approximate surface area is 133 Å². The van der Waals surface area contributed by atoms with Crippen LogP contribution in [-0.2, 0) is 0 Å². The van der Waals surface area contributed by atoms with E-state index in [0.717, 1.165) is 18.7 Å². The molecule has 0 saturated carbocycles. The summed E-state index contributed by atoms with van der Waals surface area (Å²) in [6.07, 6.45) is 6.78. The standard InChI is InChI=1S/C20H24N2/c1-22(2)13-5-8-19-18-7-4-3-6-15(18)9-10-16-11-12-17(21)14-20(16)19/h3-4,6-7,9-12,14,19H,5,8,13,21H2,1-2H3. The lowest BCUT2D eigenvalue weighted by molar-refractivity contribution is 0.389. The van der Waals surface area contributed by atoms with Crippen LogP contribution in [0, 0.1) is 0 Å². The van der Waals surface area contributed by atoms with Crippen LogP contribution >= 0.6 is 0 Å². The number of nitrogen functional groups attached to an aromatic ring is 1. The van der Waals surface area contributed by atoms with Gasteiger partial charge in [-0.25, -0.2) is 0 Å². The van der Waals surface area contributed by atoms with E-state index >= 15 is 0 Å². The maximum atomic E-state index is 6.06. The number of nitrogens with two attached hydrogens (primary N) is 1. The van der Waals surface area contributed by atoms with Crippen molar-refractivity contribution in [2.75, 3.05) is 26.4 Å². The molecule has 1 aliphatic rings.